The summed E-state index contributed by atoms with van der Waals surface area (Å²) < 4.78 is 44.0. The number of anilines is 1. The van der Waals surface area contributed by atoms with Gasteiger partial charge in [-0.15, -0.1) is 10.2 Å². The molecule has 1 N–H and O–H groups in total. The minimum Gasteiger partial charge on any atom is -0.382 e. The van der Waals surface area contributed by atoms with Gasteiger partial charge in [0, 0.05) is 45.0 Å². The van der Waals surface area contributed by atoms with E-state index in [2.05, 4.69) is 24.9 Å². The predicted octanol–water partition coefficient (Wildman–Crippen LogP) is 3.35. The van der Waals surface area contributed by atoms with Crippen molar-refractivity contribution in [3.8, 4) is 11.5 Å². The zero-order chi connectivity index (χ0) is 27.6. The molecule has 4 rings (SSSR count). The molecule has 14 heteroatoms. The minimum atomic E-state index is -3.96. The maximum atomic E-state index is 13.5. The molecule has 0 aliphatic carbocycles. The van der Waals surface area contributed by atoms with E-state index in [9.17, 15) is 8.42 Å². The highest BCUT2D eigenvalue weighted by Crippen LogP contribution is 2.32. The molecular formula is C24H31ClN8O4S. The molecule has 1 aromatic carbocycles. The summed E-state index contributed by atoms with van der Waals surface area (Å²) in [5.74, 6) is 0.250. The molecule has 0 spiro atoms. The lowest BCUT2D eigenvalue weighted by Gasteiger charge is -2.23. The van der Waals surface area contributed by atoms with Crippen LogP contribution in [0.15, 0.2) is 30.6 Å². The number of halogens is 1. The number of aromatic nitrogens is 7. The first-order valence-corrected chi connectivity index (χ1v) is 13.8. The van der Waals surface area contributed by atoms with Crippen LogP contribution in [0.3, 0.4) is 0 Å². The Morgan fingerprint density at radius 3 is 2.37 bits per heavy atom. The van der Waals surface area contributed by atoms with Crippen LogP contribution in [-0.4, -0.2) is 75.6 Å². The maximum absolute atomic E-state index is 13.5. The molecule has 38 heavy (non-hydrogen) atoms. The van der Waals surface area contributed by atoms with Gasteiger partial charge in [-0.2, -0.15) is 5.10 Å². The molecule has 0 amide bonds. The summed E-state index contributed by atoms with van der Waals surface area (Å²) in [5, 5.41) is 13.6. The standard InChI is InChI=1S/C24H31ClN8O4S/c1-14-7-8-20-19(9-14)21(30-32(20)4)23-28-29-24(33(23)18(12-36-5)13-37-6)31-38(34,35)16(3)15(2)22-26-10-17(25)11-27-22/h7-11,15-16,18H,12-13H2,1-6H3,(H,29,31)/t15-,16-/m0/s1. The molecule has 0 aliphatic heterocycles. The Kier molecular flexibility index (Phi) is 8.31. The van der Waals surface area contributed by atoms with Gasteiger partial charge in [-0.1, -0.05) is 30.2 Å². The molecule has 0 saturated carbocycles. The number of nitrogens with one attached hydrogen (secondary N) is 1. The Morgan fingerprint density at radius 1 is 1.08 bits per heavy atom. The first-order valence-electron chi connectivity index (χ1n) is 11.9. The number of aryl methyl sites for hydroxylation is 2. The number of rotatable bonds is 11. The number of hydrogen-bond acceptors (Lipinski definition) is 9. The molecule has 3 aromatic heterocycles. The SMILES string of the molecule is COCC(COC)n1c(NS(=O)(=O)[C@@H](C)[C@H](C)c2ncc(Cl)cn2)nnc1-c1nn(C)c2ccc(C)cc12. The molecule has 0 aliphatic rings. The van der Waals surface area contributed by atoms with Gasteiger partial charge >= 0.3 is 0 Å². The first kappa shape index (κ1) is 27.9. The van der Waals surface area contributed by atoms with Crippen molar-refractivity contribution in [2.24, 2.45) is 7.05 Å². The highest BCUT2D eigenvalue weighted by molar-refractivity contribution is 7.93. The summed E-state index contributed by atoms with van der Waals surface area (Å²) in [6.45, 7) is 5.77. The molecule has 12 nitrogen and oxygen atoms in total. The average Bonchev–Trinajstić information content (AvgIpc) is 3.43. The Hall–Kier alpha value is -3.13. The van der Waals surface area contributed by atoms with Crippen LogP contribution in [0.4, 0.5) is 5.95 Å². The normalized spacial score (nSPS) is 13.8. The van der Waals surface area contributed by atoms with Crippen LogP contribution in [-0.2, 0) is 26.5 Å². The molecule has 4 aromatic rings. The zero-order valence-electron chi connectivity index (χ0n) is 22.1. The number of nitrogens with zero attached hydrogens (tertiary/aromatic N) is 7. The third-order valence-corrected chi connectivity index (χ3v) is 8.52. The van der Waals surface area contributed by atoms with E-state index < -0.39 is 27.2 Å². The second-order valence-electron chi connectivity index (χ2n) is 9.17. The number of sulfonamides is 1. The van der Waals surface area contributed by atoms with Gasteiger partial charge in [0.1, 0.15) is 11.5 Å². The number of hydrogen-bond donors (Lipinski definition) is 1. The zero-order valence-corrected chi connectivity index (χ0v) is 23.7. The molecule has 2 atom stereocenters. The summed E-state index contributed by atoms with van der Waals surface area (Å²) in [5.41, 5.74) is 2.52. The van der Waals surface area contributed by atoms with Gasteiger partial charge < -0.3 is 9.47 Å². The smallest absolute Gasteiger partial charge is 0.239 e. The number of fused-ring (bicyclic) bond motifs is 1. The van der Waals surface area contributed by atoms with E-state index in [4.69, 9.17) is 26.2 Å². The fraction of sp³-hybridized carbons (Fsp3) is 0.458. The Labute approximate surface area is 226 Å². The quantitative estimate of drug-likeness (QED) is 0.291. The van der Waals surface area contributed by atoms with Crippen molar-refractivity contribution in [2.75, 3.05) is 32.2 Å². The second-order valence-corrected chi connectivity index (χ2v) is 11.6. The van der Waals surface area contributed by atoms with Crippen molar-refractivity contribution in [3.05, 3.63) is 47.0 Å². The molecular weight excluding hydrogens is 532 g/mol. The summed E-state index contributed by atoms with van der Waals surface area (Å²) in [6.07, 6.45) is 2.88. The van der Waals surface area contributed by atoms with Crippen molar-refractivity contribution in [1.29, 1.82) is 0 Å². The first-order chi connectivity index (χ1) is 18.1. The van der Waals surface area contributed by atoms with E-state index in [-0.39, 0.29) is 19.2 Å². The third kappa shape index (κ3) is 5.51. The van der Waals surface area contributed by atoms with Crippen LogP contribution in [0.1, 0.15) is 37.2 Å². The summed E-state index contributed by atoms with van der Waals surface area (Å²) in [4.78, 5) is 8.37. The molecule has 204 valence electrons. The van der Waals surface area contributed by atoms with Crippen molar-refractivity contribution < 1.29 is 17.9 Å². The Morgan fingerprint density at radius 2 is 1.74 bits per heavy atom. The van der Waals surface area contributed by atoms with Crippen LogP contribution in [0.2, 0.25) is 5.02 Å². The fourth-order valence-corrected chi connectivity index (χ4v) is 5.59. The highest BCUT2D eigenvalue weighted by atomic mass is 35.5. The Bertz CT molecular complexity index is 1510. The monoisotopic (exact) mass is 562 g/mol. The van der Waals surface area contributed by atoms with E-state index in [1.54, 1.807) is 37.3 Å². The lowest BCUT2D eigenvalue weighted by atomic mass is 10.1. The van der Waals surface area contributed by atoms with Crippen LogP contribution in [0.25, 0.3) is 22.4 Å². The molecule has 0 unspecified atom stereocenters. The minimum absolute atomic E-state index is 0.0293. The number of benzene rings is 1. The van der Waals surface area contributed by atoms with E-state index in [1.165, 1.54) is 12.4 Å². The van der Waals surface area contributed by atoms with Gasteiger partial charge in [-0.25, -0.2) is 18.4 Å². The molecule has 0 bridgehead atoms. The lowest BCUT2D eigenvalue weighted by molar-refractivity contribution is 0.0908. The van der Waals surface area contributed by atoms with Gasteiger partial charge in [0.25, 0.3) is 0 Å². The highest BCUT2D eigenvalue weighted by Gasteiger charge is 2.33. The van der Waals surface area contributed by atoms with Gasteiger partial charge in [0.15, 0.2) is 5.82 Å². The van der Waals surface area contributed by atoms with E-state index in [1.807, 2.05) is 32.2 Å². The van der Waals surface area contributed by atoms with Gasteiger partial charge in [-0.05, 0) is 26.0 Å². The topological polar surface area (TPSA) is 139 Å². The van der Waals surface area contributed by atoms with E-state index in [0.717, 1.165) is 16.5 Å². The van der Waals surface area contributed by atoms with Crippen LogP contribution >= 0.6 is 11.6 Å². The largest absolute Gasteiger partial charge is 0.382 e. The molecule has 0 radical (unpaired) electrons. The summed E-state index contributed by atoms with van der Waals surface area (Å²) in [7, 11) is 1.00. The van der Waals surface area contributed by atoms with Crippen molar-refractivity contribution in [3.63, 3.8) is 0 Å². The molecule has 3 heterocycles. The van der Waals surface area contributed by atoms with Gasteiger partial charge in [0.05, 0.1) is 35.0 Å². The maximum Gasteiger partial charge on any atom is 0.239 e. The van der Waals surface area contributed by atoms with Gasteiger partial charge in [0.2, 0.25) is 16.0 Å². The van der Waals surface area contributed by atoms with Crippen molar-refractivity contribution in [2.45, 2.75) is 38.0 Å². The lowest BCUT2D eigenvalue weighted by Crippen LogP contribution is -2.32. The summed E-state index contributed by atoms with van der Waals surface area (Å²) >= 11 is 5.89. The van der Waals surface area contributed by atoms with Crippen LogP contribution in [0.5, 0.6) is 0 Å². The van der Waals surface area contributed by atoms with Crippen molar-refractivity contribution in [1.82, 2.24) is 34.5 Å². The van der Waals surface area contributed by atoms with Gasteiger partial charge in [-0.3, -0.25) is 14.0 Å². The van der Waals surface area contributed by atoms with Crippen LogP contribution in [0, 0.1) is 6.92 Å². The third-order valence-electron chi connectivity index (χ3n) is 6.47. The average molecular weight is 563 g/mol. The predicted molar refractivity (Wildman–Crippen MR) is 145 cm³/mol. The van der Waals surface area contributed by atoms with Crippen molar-refractivity contribution >= 4 is 38.5 Å². The Balaban J connectivity index is 1.79. The number of ether oxygens (including phenoxy) is 2. The van der Waals surface area contributed by atoms with E-state index in [0.29, 0.717) is 22.4 Å². The summed E-state index contributed by atoms with van der Waals surface area (Å²) in [6, 6.07) is 5.55. The molecule has 0 fully saturated rings. The second kappa shape index (κ2) is 11.3. The van der Waals surface area contributed by atoms with E-state index >= 15 is 0 Å². The number of methoxy groups -OCH3 is 2. The fourth-order valence-electron chi connectivity index (χ4n) is 4.25. The van der Waals surface area contributed by atoms with Crippen LogP contribution < -0.4 is 4.72 Å². The molecule has 0 saturated heterocycles.